The molecule has 0 aliphatic carbocycles. The van der Waals surface area contributed by atoms with Crippen LogP contribution >= 0.6 is 22.6 Å². The molecule has 1 N–H and O–H groups in total. The van der Waals surface area contributed by atoms with Crippen LogP contribution in [0.1, 0.15) is 37.0 Å². The lowest BCUT2D eigenvalue weighted by Gasteiger charge is -2.19. The second-order valence-electron chi connectivity index (χ2n) is 4.19. The van der Waals surface area contributed by atoms with Gasteiger partial charge in [0, 0.05) is 12.5 Å². The van der Waals surface area contributed by atoms with Crippen molar-refractivity contribution in [3.05, 3.63) is 15.0 Å². The van der Waals surface area contributed by atoms with E-state index in [0.717, 1.165) is 9.26 Å². The van der Waals surface area contributed by atoms with Crippen molar-refractivity contribution in [1.29, 1.82) is 0 Å². The highest BCUT2D eigenvalue weighted by molar-refractivity contribution is 14.1. The summed E-state index contributed by atoms with van der Waals surface area (Å²) in [7, 11) is 1.77. The Morgan fingerprint density at radius 2 is 2.00 bits per heavy atom. The number of halogens is 1. The van der Waals surface area contributed by atoms with E-state index >= 15 is 0 Å². The molecule has 0 unspecified atom stereocenters. The number of hydrogen-bond donors (Lipinski definition) is 1. The molecule has 1 rings (SSSR count). The van der Waals surface area contributed by atoms with Crippen LogP contribution in [0.5, 0.6) is 0 Å². The first-order chi connectivity index (χ1) is 6.25. The minimum Gasteiger partial charge on any atom is -0.476 e. The molecule has 1 aromatic heterocycles. The first-order valence-corrected chi connectivity index (χ1v) is 5.29. The molecule has 0 radical (unpaired) electrons. The normalized spacial score (nSPS) is 11.8. The number of aryl methyl sites for hydroxylation is 1. The molecule has 0 spiro atoms. The smallest absolute Gasteiger partial charge is 0.357 e. The van der Waals surface area contributed by atoms with E-state index in [1.54, 1.807) is 11.7 Å². The summed E-state index contributed by atoms with van der Waals surface area (Å²) < 4.78 is 2.37. The molecule has 1 aromatic rings. The summed E-state index contributed by atoms with van der Waals surface area (Å²) in [5.74, 6) is -0.972. The zero-order valence-corrected chi connectivity index (χ0v) is 10.8. The minimum atomic E-state index is -0.972. The van der Waals surface area contributed by atoms with Crippen LogP contribution in [0.3, 0.4) is 0 Å². The number of carboxylic acids is 1. The van der Waals surface area contributed by atoms with Crippen molar-refractivity contribution in [2.75, 3.05) is 0 Å². The molecule has 0 saturated heterocycles. The average Bonchev–Trinajstić information content (AvgIpc) is 2.24. The Bertz CT molecular complexity index is 377. The Labute approximate surface area is 96.4 Å². The lowest BCUT2D eigenvalue weighted by atomic mass is 9.92. The van der Waals surface area contributed by atoms with Crippen molar-refractivity contribution in [1.82, 2.24) is 9.78 Å². The van der Waals surface area contributed by atoms with Crippen LogP contribution in [0, 0.1) is 3.57 Å². The van der Waals surface area contributed by atoms with Gasteiger partial charge in [-0.1, -0.05) is 20.8 Å². The van der Waals surface area contributed by atoms with E-state index in [4.69, 9.17) is 5.11 Å². The third-order valence-corrected chi connectivity index (χ3v) is 2.92. The zero-order valence-electron chi connectivity index (χ0n) is 8.63. The van der Waals surface area contributed by atoms with Crippen molar-refractivity contribution in [2.24, 2.45) is 7.05 Å². The van der Waals surface area contributed by atoms with Gasteiger partial charge in [0.2, 0.25) is 0 Å². The lowest BCUT2D eigenvalue weighted by molar-refractivity contribution is 0.0688. The fourth-order valence-corrected chi connectivity index (χ4v) is 2.95. The number of carbonyl (C=O) groups is 1. The third kappa shape index (κ3) is 1.92. The maximum absolute atomic E-state index is 10.8. The molecular weight excluding hydrogens is 295 g/mol. The Morgan fingerprint density at radius 1 is 1.50 bits per heavy atom. The SMILES string of the molecule is Cn1nc(C(=O)O)c(I)c1C(C)(C)C. The highest BCUT2D eigenvalue weighted by atomic mass is 127. The summed E-state index contributed by atoms with van der Waals surface area (Å²) >= 11 is 2.04. The van der Waals surface area contributed by atoms with Crippen molar-refractivity contribution >= 4 is 28.6 Å². The highest BCUT2D eigenvalue weighted by Crippen LogP contribution is 2.28. The summed E-state index contributed by atoms with van der Waals surface area (Å²) in [5, 5.41) is 12.9. The van der Waals surface area contributed by atoms with Gasteiger partial charge in [-0.15, -0.1) is 0 Å². The van der Waals surface area contributed by atoms with E-state index in [2.05, 4.69) is 5.10 Å². The summed E-state index contributed by atoms with van der Waals surface area (Å²) in [5.41, 5.74) is 1.000. The molecule has 0 atom stereocenters. The van der Waals surface area contributed by atoms with Gasteiger partial charge in [0.1, 0.15) is 0 Å². The number of hydrogen-bond acceptors (Lipinski definition) is 2. The van der Waals surface area contributed by atoms with Gasteiger partial charge < -0.3 is 5.11 Å². The van der Waals surface area contributed by atoms with Crippen molar-refractivity contribution in [2.45, 2.75) is 26.2 Å². The summed E-state index contributed by atoms with van der Waals surface area (Å²) in [6.45, 7) is 6.12. The maximum atomic E-state index is 10.8. The van der Waals surface area contributed by atoms with E-state index in [0.29, 0.717) is 0 Å². The molecule has 78 valence electrons. The standard InChI is InChI=1S/C9H13IN2O2/c1-9(2,3)7-5(10)6(8(13)14)11-12(7)4/h1-4H3,(H,13,14). The number of aromatic nitrogens is 2. The predicted molar refractivity (Wildman–Crippen MR) is 61.6 cm³/mol. The summed E-state index contributed by atoms with van der Waals surface area (Å²) in [6, 6.07) is 0. The van der Waals surface area contributed by atoms with Gasteiger partial charge in [-0.05, 0) is 22.6 Å². The van der Waals surface area contributed by atoms with Gasteiger partial charge in [0.25, 0.3) is 0 Å². The first kappa shape index (κ1) is 11.5. The van der Waals surface area contributed by atoms with Crippen LogP contribution < -0.4 is 0 Å². The molecule has 0 fully saturated rings. The van der Waals surface area contributed by atoms with E-state index in [1.165, 1.54) is 0 Å². The Morgan fingerprint density at radius 3 is 2.21 bits per heavy atom. The molecule has 0 aliphatic heterocycles. The Kier molecular flexibility index (Phi) is 2.89. The van der Waals surface area contributed by atoms with Crippen LogP contribution in [0.15, 0.2) is 0 Å². The fraction of sp³-hybridized carbons (Fsp3) is 0.556. The molecule has 4 nitrogen and oxygen atoms in total. The number of nitrogens with zero attached hydrogens (tertiary/aromatic N) is 2. The van der Waals surface area contributed by atoms with E-state index in [9.17, 15) is 4.79 Å². The van der Waals surface area contributed by atoms with Crippen LogP contribution in [0.4, 0.5) is 0 Å². The summed E-state index contributed by atoms with van der Waals surface area (Å²) in [6.07, 6.45) is 0. The van der Waals surface area contributed by atoms with Crippen LogP contribution in [-0.4, -0.2) is 20.9 Å². The molecule has 5 heteroatoms. The van der Waals surface area contributed by atoms with Gasteiger partial charge >= 0.3 is 5.97 Å². The predicted octanol–water partition coefficient (Wildman–Crippen LogP) is 2.02. The molecule has 0 amide bonds. The Hall–Kier alpha value is -0.590. The Balaban J connectivity index is 3.40. The first-order valence-electron chi connectivity index (χ1n) is 4.21. The topological polar surface area (TPSA) is 55.1 Å². The minimum absolute atomic E-state index is 0.0913. The maximum Gasteiger partial charge on any atom is 0.357 e. The molecular formula is C9H13IN2O2. The molecule has 1 heterocycles. The molecule has 0 aliphatic rings. The zero-order chi connectivity index (χ0) is 11.1. The summed E-state index contributed by atoms with van der Waals surface area (Å²) in [4.78, 5) is 10.8. The largest absolute Gasteiger partial charge is 0.476 e. The van der Waals surface area contributed by atoms with Gasteiger partial charge in [0.05, 0.1) is 9.26 Å². The van der Waals surface area contributed by atoms with Gasteiger partial charge in [-0.2, -0.15) is 5.10 Å². The second-order valence-corrected chi connectivity index (χ2v) is 5.27. The number of aromatic carboxylic acids is 1. The average molecular weight is 308 g/mol. The molecule has 0 aromatic carbocycles. The molecule has 14 heavy (non-hydrogen) atoms. The van der Waals surface area contributed by atoms with Gasteiger partial charge in [-0.3, -0.25) is 4.68 Å². The second kappa shape index (κ2) is 3.52. The van der Waals surface area contributed by atoms with Crippen molar-refractivity contribution < 1.29 is 9.90 Å². The third-order valence-electron chi connectivity index (χ3n) is 1.90. The van der Waals surface area contributed by atoms with Crippen molar-refractivity contribution in [3.63, 3.8) is 0 Å². The van der Waals surface area contributed by atoms with Gasteiger partial charge in [0.15, 0.2) is 5.69 Å². The van der Waals surface area contributed by atoms with E-state index in [-0.39, 0.29) is 11.1 Å². The molecule has 0 bridgehead atoms. The molecule has 0 saturated carbocycles. The van der Waals surface area contributed by atoms with Crippen LogP contribution in [-0.2, 0) is 12.5 Å². The van der Waals surface area contributed by atoms with Gasteiger partial charge in [-0.25, -0.2) is 4.79 Å². The van der Waals surface area contributed by atoms with E-state index < -0.39 is 5.97 Å². The van der Waals surface area contributed by atoms with Crippen molar-refractivity contribution in [3.8, 4) is 0 Å². The van der Waals surface area contributed by atoms with Crippen LogP contribution in [0.2, 0.25) is 0 Å². The number of rotatable bonds is 1. The number of carboxylic acid groups (broad SMARTS) is 1. The van der Waals surface area contributed by atoms with Crippen LogP contribution in [0.25, 0.3) is 0 Å². The lowest BCUT2D eigenvalue weighted by Crippen LogP contribution is -2.17. The monoisotopic (exact) mass is 308 g/mol. The van der Waals surface area contributed by atoms with E-state index in [1.807, 2.05) is 43.4 Å². The highest BCUT2D eigenvalue weighted by Gasteiger charge is 2.27. The fourth-order valence-electron chi connectivity index (χ4n) is 1.45. The quantitative estimate of drug-likeness (QED) is 0.808.